The van der Waals surface area contributed by atoms with E-state index in [2.05, 4.69) is 20.3 Å². The van der Waals surface area contributed by atoms with Crippen molar-refractivity contribution >= 4 is 33.7 Å². The number of aromatic nitrogens is 1. The van der Waals surface area contributed by atoms with Crippen molar-refractivity contribution in [3.63, 3.8) is 0 Å². The Hall–Kier alpha value is -3.49. The average Bonchev–Trinajstić information content (AvgIpc) is 3.36. The molecule has 1 fully saturated rings. The SMILES string of the molecule is CCCCS(=O)(=O)NC(Cc1ccc(CN(C)C(=O)CN2CCC(NC(=O)Nc3ncccc3C)CC2)o1)C(=O)O. The van der Waals surface area contributed by atoms with Crippen LogP contribution in [0.5, 0.6) is 0 Å². The minimum Gasteiger partial charge on any atom is -0.480 e. The number of likely N-dealkylation sites (tertiary alicyclic amines) is 1. The molecule has 1 aliphatic rings. The van der Waals surface area contributed by atoms with Crippen LogP contribution in [-0.2, 0) is 32.6 Å². The average molecular weight is 593 g/mol. The number of piperidine rings is 1. The Labute approximate surface area is 240 Å². The molecule has 0 bridgehead atoms. The van der Waals surface area contributed by atoms with Gasteiger partial charge in [0.15, 0.2) is 0 Å². The number of nitrogens with one attached hydrogen (secondary N) is 3. The lowest BCUT2D eigenvalue weighted by Crippen LogP contribution is -2.48. The lowest BCUT2D eigenvalue weighted by molar-refractivity contribution is -0.139. The molecule has 3 amide bonds. The number of anilines is 1. The Balaban J connectivity index is 1.42. The van der Waals surface area contributed by atoms with Crippen LogP contribution in [0.3, 0.4) is 0 Å². The summed E-state index contributed by atoms with van der Waals surface area (Å²) in [6, 6.07) is 5.26. The molecule has 1 saturated heterocycles. The van der Waals surface area contributed by atoms with Gasteiger partial charge in [-0.1, -0.05) is 19.4 Å². The fourth-order valence-electron chi connectivity index (χ4n) is 4.42. The fraction of sp³-hybridized carbons (Fsp3) is 0.556. The summed E-state index contributed by atoms with van der Waals surface area (Å²) in [5.41, 5.74) is 0.876. The predicted octanol–water partition coefficient (Wildman–Crippen LogP) is 1.94. The number of amides is 3. The number of carbonyl (C=O) groups excluding carboxylic acids is 2. The van der Waals surface area contributed by atoms with E-state index in [9.17, 15) is 27.9 Å². The third kappa shape index (κ3) is 10.4. The summed E-state index contributed by atoms with van der Waals surface area (Å²) in [6.07, 6.45) is 4.00. The number of hydrogen-bond donors (Lipinski definition) is 4. The maximum Gasteiger partial charge on any atom is 0.322 e. The number of unbranched alkanes of at least 4 members (excludes halogenated alkanes) is 1. The van der Waals surface area contributed by atoms with Crippen LogP contribution in [0.25, 0.3) is 0 Å². The first-order chi connectivity index (χ1) is 19.5. The maximum atomic E-state index is 12.8. The second-order valence-electron chi connectivity index (χ2n) is 10.3. The first-order valence-corrected chi connectivity index (χ1v) is 15.4. The van der Waals surface area contributed by atoms with Crippen LogP contribution in [0.1, 0.15) is 49.7 Å². The zero-order valence-corrected chi connectivity index (χ0v) is 24.6. The van der Waals surface area contributed by atoms with Crippen molar-refractivity contribution < 1.29 is 32.3 Å². The highest BCUT2D eigenvalue weighted by atomic mass is 32.2. The summed E-state index contributed by atoms with van der Waals surface area (Å²) in [5.74, 6) is -0.246. The summed E-state index contributed by atoms with van der Waals surface area (Å²) in [5, 5.41) is 15.2. The number of aryl methyl sites for hydroxylation is 1. The summed E-state index contributed by atoms with van der Waals surface area (Å²) < 4.78 is 32.2. The number of carboxylic acids is 1. The molecule has 4 N–H and O–H groups in total. The molecule has 0 aliphatic carbocycles. The monoisotopic (exact) mass is 592 g/mol. The standard InChI is InChI=1S/C27H40N6O7S/c1-4-5-15-41(38,39)31-23(26(35)36)16-21-8-9-22(40-21)17-32(3)24(34)18-33-13-10-20(11-14-33)29-27(37)30-25-19(2)7-6-12-28-25/h6-9,12,20,23,31H,4-5,10-11,13-18H2,1-3H3,(H,35,36)(H2,28,29,30,37). The molecule has 0 aromatic carbocycles. The quantitative estimate of drug-likeness (QED) is 0.256. The summed E-state index contributed by atoms with van der Waals surface area (Å²) in [7, 11) is -2.07. The summed E-state index contributed by atoms with van der Waals surface area (Å²) in [6.45, 7) is 5.44. The van der Waals surface area contributed by atoms with E-state index in [-0.39, 0.29) is 43.2 Å². The third-order valence-corrected chi connectivity index (χ3v) is 8.32. The molecule has 3 rings (SSSR count). The lowest BCUT2D eigenvalue weighted by Gasteiger charge is -2.32. The van der Waals surface area contributed by atoms with Gasteiger partial charge in [-0.2, -0.15) is 0 Å². The van der Waals surface area contributed by atoms with E-state index in [1.165, 1.54) is 4.90 Å². The van der Waals surface area contributed by atoms with E-state index in [1.54, 1.807) is 31.4 Å². The largest absolute Gasteiger partial charge is 0.480 e. The Morgan fingerprint density at radius 1 is 1.20 bits per heavy atom. The van der Waals surface area contributed by atoms with Gasteiger partial charge in [0.05, 0.1) is 18.8 Å². The zero-order valence-electron chi connectivity index (χ0n) is 23.8. The van der Waals surface area contributed by atoms with Gasteiger partial charge in [-0.25, -0.2) is 22.9 Å². The molecule has 0 saturated carbocycles. The highest BCUT2D eigenvalue weighted by Crippen LogP contribution is 2.15. The van der Waals surface area contributed by atoms with Crippen LogP contribution in [-0.4, -0.2) is 90.7 Å². The maximum absolute atomic E-state index is 12.8. The van der Waals surface area contributed by atoms with Gasteiger partial charge in [0.2, 0.25) is 15.9 Å². The Morgan fingerprint density at radius 2 is 1.90 bits per heavy atom. The second-order valence-corrected chi connectivity index (χ2v) is 12.2. The molecule has 1 aliphatic heterocycles. The minimum absolute atomic E-state index is 0.00427. The van der Waals surface area contributed by atoms with Gasteiger partial charge in [0, 0.05) is 38.8 Å². The number of carbonyl (C=O) groups is 3. The van der Waals surface area contributed by atoms with Crippen LogP contribution in [0.15, 0.2) is 34.9 Å². The normalized spacial score (nSPS) is 15.3. The number of rotatable bonds is 14. The Morgan fingerprint density at radius 3 is 2.56 bits per heavy atom. The number of aliphatic carboxylic acids is 1. The first kappa shape index (κ1) is 32.0. The predicted molar refractivity (Wildman–Crippen MR) is 153 cm³/mol. The van der Waals surface area contributed by atoms with Crippen LogP contribution in [0.4, 0.5) is 10.6 Å². The van der Waals surface area contributed by atoms with E-state index in [1.807, 2.05) is 24.8 Å². The smallest absolute Gasteiger partial charge is 0.322 e. The number of furan rings is 1. The number of nitrogens with zero attached hydrogens (tertiary/aromatic N) is 3. The number of sulfonamides is 1. The number of carboxylic acid groups (broad SMARTS) is 1. The molecule has 3 heterocycles. The van der Waals surface area contributed by atoms with Crippen molar-refractivity contribution in [1.29, 1.82) is 0 Å². The second kappa shape index (κ2) is 14.9. The van der Waals surface area contributed by atoms with Gasteiger partial charge in [-0.15, -0.1) is 0 Å². The van der Waals surface area contributed by atoms with Crippen LogP contribution in [0, 0.1) is 6.92 Å². The molecule has 41 heavy (non-hydrogen) atoms. The topological polar surface area (TPSA) is 174 Å². The molecule has 14 heteroatoms. The Bertz CT molecular complexity index is 1290. The summed E-state index contributed by atoms with van der Waals surface area (Å²) >= 11 is 0. The van der Waals surface area contributed by atoms with Crippen molar-refractivity contribution in [2.75, 3.05) is 37.8 Å². The molecule has 0 spiro atoms. The molecular formula is C27H40N6O7S. The van der Waals surface area contributed by atoms with Crippen LogP contribution >= 0.6 is 0 Å². The molecule has 0 radical (unpaired) electrons. The zero-order chi connectivity index (χ0) is 30.0. The number of hydrogen-bond acceptors (Lipinski definition) is 8. The minimum atomic E-state index is -3.73. The number of urea groups is 1. The fourth-order valence-corrected chi connectivity index (χ4v) is 5.83. The van der Waals surface area contributed by atoms with Crippen molar-refractivity contribution in [2.24, 2.45) is 0 Å². The van der Waals surface area contributed by atoms with E-state index in [0.29, 0.717) is 56.1 Å². The van der Waals surface area contributed by atoms with Gasteiger partial charge in [0.1, 0.15) is 23.4 Å². The van der Waals surface area contributed by atoms with Gasteiger partial charge >= 0.3 is 12.0 Å². The highest BCUT2D eigenvalue weighted by Gasteiger charge is 2.26. The van der Waals surface area contributed by atoms with Crippen molar-refractivity contribution in [3.05, 3.63) is 47.5 Å². The van der Waals surface area contributed by atoms with Gasteiger partial charge in [0.25, 0.3) is 0 Å². The van der Waals surface area contributed by atoms with Crippen LogP contribution < -0.4 is 15.4 Å². The third-order valence-electron chi connectivity index (χ3n) is 6.85. The van der Waals surface area contributed by atoms with Crippen molar-refractivity contribution in [3.8, 4) is 0 Å². The Kier molecular flexibility index (Phi) is 11.7. The molecule has 2 aromatic rings. The van der Waals surface area contributed by atoms with Gasteiger partial charge in [-0.3, -0.25) is 19.8 Å². The highest BCUT2D eigenvalue weighted by molar-refractivity contribution is 7.89. The molecule has 226 valence electrons. The molecule has 1 atom stereocenters. The number of likely N-dealkylation sites (N-methyl/N-ethyl adjacent to an activating group) is 1. The van der Waals surface area contributed by atoms with E-state index < -0.39 is 22.0 Å². The van der Waals surface area contributed by atoms with E-state index in [4.69, 9.17) is 4.42 Å². The molecule has 2 aromatic heterocycles. The number of pyridine rings is 1. The van der Waals surface area contributed by atoms with Crippen LogP contribution in [0.2, 0.25) is 0 Å². The van der Waals surface area contributed by atoms with E-state index >= 15 is 0 Å². The first-order valence-electron chi connectivity index (χ1n) is 13.7. The van der Waals surface area contributed by atoms with Gasteiger partial charge < -0.3 is 19.7 Å². The molecule has 13 nitrogen and oxygen atoms in total. The van der Waals surface area contributed by atoms with E-state index in [0.717, 1.165) is 5.56 Å². The lowest BCUT2D eigenvalue weighted by atomic mass is 10.1. The van der Waals surface area contributed by atoms with Crippen molar-refractivity contribution in [2.45, 2.75) is 64.6 Å². The summed E-state index contributed by atoms with van der Waals surface area (Å²) in [4.78, 5) is 44.5. The van der Waals surface area contributed by atoms with Crippen molar-refractivity contribution in [1.82, 2.24) is 24.8 Å². The molecular weight excluding hydrogens is 552 g/mol. The van der Waals surface area contributed by atoms with Gasteiger partial charge in [-0.05, 0) is 49.9 Å². The molecule has 1 unspecified atom stereocenters.